The van der Waals surface area contributed by atoms with Crippen LogP contribution in [-0.2, 0) is 23.9 Å². The van der Waals surface area contributed by atoms with Gasteiger partial charge in [0.05, 0.1) is 18.5 Å². The van der Waals surface area contributed by atoms with E-state index in [1.54, 1.807) is 19.1 Å². The average Bonchev–Trinajstić information content (AvgIpc) is 3.18. The average molecular weight is 388 g/mol. The standard InChI is InChI=1S/C19H15F3N4O2/c1-10-6-7-14(28-10)16-12-8-15(27)26(17(12)25-18(23)24-16)9-11-4-2-3-5-13(11)19(20,21)22/h2-7H,8-9H2,1H3,(H2,23,24,25). The smallest absolute Gasteiger partial charge is 0.416 e. The number of carbonyl (C=O) groups excluding carboxylic acids is 1. The zero-order valence-corrected chi connectivity index (χ0v) is 14.7. The Morgan fingerprint density at radius 1 is 1.18 bits per heavy atom. The van der Waals surface area contributed by atoms with Crippen molar-refractivity contribution in [2.45, 2.75) is 26.1 Å². The minimum atomic E-state index is -4.52. The van der Waals surface area contributed by atoms with E-state index in [0.29, 0.717) is 22.8 Å². The Kier molecular flexibility index (Phi) is 4.10. The number of nitrogen functional groups attached to an aromatic ring is 1. The summed E-state index contributed by atoms with van der Waals surface area (Å²) in [4.78, 5) is 22.1. The zero-order valence-electron chi connectivity index (χ0n) is 14.7. The van der Waals surface area contributed by atoms with Crippen LogP contribution in [0.25, 0.3) is 11.5 Å². The Hall–Kier alpha value is -3.36. The molecule has 1 aliphatic heterocycles. The Morgan fingerprint density at radius 3 is 2.61 bits per heavy atom. The van der Waals surface area contributed by atoms with Crippen LogP contribution in [0.4, 0.5) is 24.9 Å². The van der Waals surface area contributed by atoms with Crippen LogP contribution in [0.1, 0.15) is 22.5 Å². The molecule has 4 rings (SSSR count). The summed E-state index contributed by atoms with van der Waals surface area (Å²) in [7, 11) is 0. The van der Waals surface area contributed by atoms with Crippen molar-refractivity contribution >= 4 is 17.7 Å². The van der Waals surface area contributed by atoms with E-state index < -0.39 is 11.7 Å². The highest BCUT2D eigenvalue weighted by atomic mass is 19.4. The highest BCUT2D eigenvalue weighted by molar-refractivity contribution is 6.02. The summed E-state index contributed by atoms with van der Waals surface area (Å²) in [5, 5.41) is 0. The van der Waals surface area contributed by atoms with Crippen LogP contribution in [0.15, 0.2) is 40.8 Å². The first-order valence-corrected chi connectivity index (χ1v) is 8.42. The van der Waals surface area contributed by atoms with Gasteiger partial charge in [-0.15, -0.1) is 0 Å². The fourth-order valence-electron chi connectivity index (χ4n) is 3.27. The summed E-state index contributed by atoms with van der Waals surface area (Å²) in [6.45, 7) is 1.49. The highest BCUT2D eigenvalue weighted by Gasteiger charge is 2.37. The summed E-state index contributed by atoms with van der Waals surface area (Å²) in [5.74, 6) is 0.816. The van der Waals surface area contributed by atoms with Crippen LogP contribution in [0, 0.1) is 6.92 Å². The lowest BCUT2D eigenvalue weighted by Crippen LogP contribution is -2.28. The summed E-state index contributed by atoms with van der Waals surface area (Å²) >= 11 is 0. The van der Waals surface area contributed by atoms with Crippen molar-refractivity contribution in [1.82, 2.24) is 9.97 Å². The van der Waals surface area contributed by atoms with Gasteiger partial charge in [0.25, 0.3) is 0 Å². The molecule has 0 unspecified atom stereocenters. The zero-order chi connectivity index (χ0) is 20.1. The Morgan fingerprint density at radius 2 is 1.93 bits per heavy atom. The van der Waals surface area contributed by atoms with Crippen molar-refractivity contribution in [2.75, 3.05) is 10.6 Å². The van der Waals surface area contributed by atoms with E-state index >= 15 is 0 Å². The molecule has 2 aromatic heterocycles. The molecule has 1 aromatic carbocycles. The molecule has 1 aliphatic rings. The third kappa shape index (κ3) is 3.08. The van der Waals surface area contributed by atoms with Crippen LogP contribution in [0.2, 0.25) is 0 Å². The lowest BCUT2D eigenvalue weighted by Gasteiger charge is -2.20. The summed E-state index contributed by atoms with van der Waals surface area (Å²) in [6.07, 6.45) is -4.57. The molecule has 0 fully saturated rings. The Balaban J connectivity index is 1.78. The second-order valence-corrected chi connectivity index (χ2v) is 6.45. The van der Waals surface area contributed by atoms with Crippen molar-refractivity contribution in [2.24, 2.45) is 0 Å². The number of fused-ring (bicyclic) bond motifs is 1. The number of nitrogens with two attached hydrogens (primary N) is 1. The van der Waals surface area contributed by atoms with Crippen LogP contribution in [0.5, 0.6) is 0 Å². The first-order chi connectivity index (χ1) is 13.2. The number of aryl methyl sites for hydroxylation is 1. The first kappa shape index (κ1) is 18.0. The third-order valence-electron chi connectivity index (χ3n) is 4.51. The normalized spacial score (nSPS) is 13.9. The summed E-state index contributed by atoms with van der Waals surface area (Å²) in [5.41, 5.74) is 5.83. The molecule has 1 amide bonds. The fraction of sp³-hybridized carbons (Fsp3) is 0.211. The van der Waals surface area contributed by atoms with Crippen LogP contribution in [0.3, 0.4) is 0 Å². The van der Waals surface area contributed by atoms with Gasteiger partial charge in [0.15, 0.2) is 5.76 Å². The van der Waals surface area contributed by atoms with Crippen molar-refractivity contribution < 1.29 is 22.4 Å². The molecule has 0 aliphatic carbocycles. The number of anilines is 2. The molecule has 0 atom stereocenters. The molecule has 3 aromatic rings. The minimum absolute atomic E-state index is 0.0243. The van der Waals surface area contributed by atoms with E-state index in [1.807, 2.05) is 0 Å². The monoisotopic (exact) mass is 388 g/mol. The highest BCUT2D eigenvalue weighted by Crippen LogP contribution is 2.38. The fourth-order valence-corrected chi connectivity index (χ4v) is 3.27. The second-order valence-electron chi connectivity index (χ2n) is 6.45. The number of rotatable bonds is 3. The number of carbonyl (C=O) groups is 1. The van der Waals surface area contributed by atoms with E-state index in [0.717, 1.165) is 6.07 Å². The van der Waals surface area contributed by atoms with Gasteiger partial charge in [0, 0.05) is 5.56 Å². The van der Waals surface area contributed by atoms with E-state index in [9.17, 15) is 18.0 Å². The van der Waals surface area contributed by atoms with Crippen LogP contribution < -0.4 is 10.6 Å². The SMILES string of the molecule is Cc1ccc(-c2nc(N)nc3c2CC(=O)N3Cc2ccccc2C(F)(F)F)o1. The van der Waals surface area contributed by atoms with E-state index in [-0.39, 0.29) is 36.2 Å². The number of aromatic nitrogens is 2. The summed E-state index contributed by atoms with van der Waals surface area (Å²) < 4.78 is 45.5. The van der Waals surface area contributed by atoms with Gasteiger partial charge in [-0.1, -0.05) is 18.2 Å². The molecular formula is C19H15F3N4O2. The maximum atomic E-state index is 13.3. The van der Waals surface area contributed by atoms with Crippen molar-refractivity contribution in [3.63, 3.8) is 0 Å². The molecule has 0 saturated heterocycles. The Labute approximate surface area is 157 Å². The van der Waals surface area contributed by atoms with Gasteiger partial charge in [-0.05, 0) is 30.7 Å². The summed E-state index contributed by atoms with van der Waals surface area (Å²) in [6, 6.07) is 8.58. The van der Waals surface area contributed by atoms with Crippen molar-refractivity contribution in [1.29, 1.82) is 0 Å². The lowest BCUT2D eigenvalue weighted by atomic mass is 10.1. The minimum Gasteiger partial charge on any atom is -0.460 e. The molecule has 0 spiro atoms. The molecular weight excluding hydrogens is 373 g/mol. The number of hydrogen-bond donors (Lipinski definition) is 1. The molecule has 6 nitrogen and oxygen atoms in total. The maximum absolute atomic E-state index is 13.3. The number of amides is 1. The van der Waals surface area contributed by atoms with E-state index in [2.05, 4.69) is 9.97 Å². The number of nitrogens with zero attached hydrogens (tertiary/aromatic N) is 3. The molecule has 0 saturated carbocycles. The molecule has 28 heavy (non-hydrogen) atoms. The van der Waals surface area contributed by atoms with Crippen LogP contribution >= 0.6 is 0 Å². The quantitative estimate of drug-likeness (QED) is 0.739. The molecule has 2 N–H and O–H groups in total. The van der Waals surface area contributed by atoms with Gasteiger partial charge in [0.2, 0.25) is 11.9 Å². The third-order valence-corrected chi connectivity index (χ3v) is 4.51. The molecule has 9 heteroatoms. The number of furan rings is 1. The Bertz CT molecular complexity index is 1080. The van der Waals surface area contributed by atoms with Crippen molar-refractivity contribution in [3.05, 3.63) is 58.8 Å². The molecule has 0 bridgehead atoms. The lowest BCUT2D eigenvalue weighted by molar-refractivity contribution is -0.138. The number of benzene rings is 1. The topological polar surface area (TPSA) is 85.2 Å². The van der Waals surface area contributed by atoms with Gasteiger partial charge in [-0.25, -0.2) is 4.98 Å². The van der Waals surface area contributed by atoms with Crippen molar-refractivity contribution in [3.8, 4) is 11.5 Å². The van der Waals surface area contributed by atoms with Gasteiger partial charge < -0.3 is 10.2 Å². The molecule has 144 valence electrons. The van der Waals surface area contributed by atoms with Gasteiger partial charge in [-0.2, -0.15) is 18.2 Å². The molecule has 3 heterocycles. The van der Waals surface area contributed by atoms with Gasteiger partial charge in [0.1, 0.15) is 17.3 Å². The molecule has 0 radical (unpaired) electrons. The number of alkyl halides is 3. The first-order valence-electron chi connectivity index (χ1n) is 8.42. The van der Waals surface area contributed by atoms with Crippen LogP contribution in [-0.4, -0.2) is 15.9 Å². The van der Waals surface area contributed by atoms with Gasteiger partial charge >= 0.3 is 6.18 Å². The second kappa shape index (κ2) is 6.36. The van der Waals surface area contributed by atoms with Gasteiger partial charge in [-0.3, -0.25) is 9.69 Å². The predicted molar refractivity (Wildman–Crippen MR) is 95.2 cm³/mol. The van der Waals surface area contributed by atoms with E-state index in [4.69, 9.17) is 10.2 Å². The number of halogens is 3. The van der Waals surface area contributed by atoms with E-state index in [1.165, 1.54) is 23.1 Å². The maximum Gasteiger partial charge on any atom is 0.416 e. The number of hydrogen-bond acceptors (Lipinski definition) is 5. The predicted octanol–water partition coefficient (Wildman–Crippen LogP) is 3.74. The largest absolute Gasteiger partial charge is 0.460 e.